The first-order valence-corrected chi connectivity index (χ1v) is 5.64. The van der Waals surface area contributed by atoms with E-state index in [-0.39, 0.29) is 0 Å². The monoisotopic (exact) mass is 262 g/mol. The highest BCUT2D eigenvalue weighted by atomic mass is 35.5. The maximum atomic E-state index is 10.9. The van der Waals surface area contributed by atoms with Crippen LogP contribution in [0, 0.1) is 6.92 Å². The summed E-state index contributed by atoms with van der Waals surface area (Å²) in [6.45, 7) is 1.87. The summed E-state index contributed by atoms with van der Waals surface area (Å²) in [5.74, 6) is 0.761. The van der Waals surface area contributed by atoms with Crippen molar-refractivity contribution in [3.8, 4) is 11.5 Å². The number of aryl methyl sites for hydroxylation is 1. The topological polar surface area (TPSA) is 65.2 Å². The first kappa shape index (κ1) is 12.4. The van der Waals surface area contributed by atoms with E-state index in [1.807, 2.05) is 6.92 Å². The fraction of sp³-hybridized carbons (Fsp3) is 0.0769. The second-order valence-electron chi connectivity index (χ2n) is 3.76. The molecule has 5 heteroatoms. The first-order chi connectivity index (χ1) is 8.56. The van der Waals surface area contributed by atoms with Crippen LogP contribution in [0.4, 0.5) is 0 Å². The SMILES string of the molecule is Cc1cnc(Cl)cc1Oc1ccc(C(N)=O)cc1. The molecule has 0 radical (unpaired) electrons. The molecule has 0 aliphatic heterocycles. The first-order valence-electron chi connectivity index (χ1n) is 5.26. The van der Waals surface area contributed by atoms with E-state index in [0.29, 0.717) is 22.2 Å². The van der Waals surface area contributed by atoms with Crippen LogP contribution in [0.15, 0.2) is 36.5 Å². The van der Waals surface area contributed by atoms with Gasteiger partial charge in [0.1, 0.15) is 16.7 Å². The molecule has 0 saturated carbocycles. The second-order valence-corrected chi connectivity index (χ2v) is 4.15. The number of hydrogen-bond donors (Lipinski definition) is 1. The van der Waals surface area contributed by atoms with Crippen LogP contribution in [-0.2, 0) is 0 Å². The lowest BCUT2D eigenvalue weighted by atomic mass is 10.2. The Morgan fingerprint density at radius 3 is 2.61 bits per heavy atom. The molecule has 2 N–H and O–H groups in total. The number of aromatic nitrogens is 1. The summed E-state index contributed by atoms with van der Waals surface area (Å²) in [5, 5.41) is 0.365. The third-order valence-corrected chi connectivity index (χ3v) is 2.59. The number of nitrogens with two attached hydrogens (primary N) is 1. The van der Waals surface area contributed by atoms with Crippen molar-refractivity contribution in [3.05, 3.63) is 52.8 Å². The molecule has 0 aliphatic carbocycles. The Bertz CT molecular complexity index is 582. The maximum absolute atomic E-state index is 10.9. The predicted molar refractivity (Wildman–Crippen MR) is 69.0 cm³/mol. The molecule has 1 amide bonds. The Morgan fingerprint density at radius 1 is 1.33 bits per heavy atom. The van der Waals surface area contributed by atoms with Gasteiger partial charge in [0.15, 0.2) is 0 Å². The van der Waals surface area contributed by atoms with Gasteiger partial charge in [0, 0.05) is 23.4 Å². The minimum atomic E-state index is -0.468. The minimum Gasteiger partial charge on any atom is -0.457 e. The van der Waals surface area contributed by atoms with Crippen LogP contribution in [0.5, 0.6) is 11.5 Å². The van der Waals surface area contributed by atoms with Crippen LogP contribution in [0.3, 0.4) is 0 Å². The molecule has 1 aromatic carbocycles. The molecular weight excluding hydrogens is 252 g/mol. The summed E-state index contributed by atoms with van der Waals surface area (Å²) < 4.78 is 5.65. The molecule has 0 bridgehead atoms. The molecule has 92 valence electrons. The van der Waals surface area contributed by atoms with E-state index < -0.39 is 5.91 Å². The average Bonchev–Trinajstić information content (AvgIpc) is 2.34. The van der Waals surface area contributed by atoms with E-state index in [1.165, 1.54) is 0 Å². The third-order valence-electron chi connectivity index (χ3n) is 2.39. The number of primary amides is 1. The van der Waals surface area contributed by atoms with Gasteiger partial charge >= 0.3 is 0 Å². The van der Waals surface area contributed by atoms with Crippen molar-refractivity contribution >= 4 is 17.5 Å². The highest BCUT2D eigenvalue weighted by Gasteiger charge is 2.05. The van der Waals surface area contributed by atoms with Crippen LogP contribution >= 0.6 is 11.6 Å². The van der Waals surface area contributed by atoms with Crippen molar-refractivity contribution in [2.75, 3.05) is 0 Å². The molecule has 2 rings (SSSR count). The highest BCUT2D eigenvalue weighted by molar-refractivity contribution is 6.29. The molecule has 18 heavy (non-hydrogen) atoms. The van der Waals surface area contributed by atoms with E-state index in [0.717, 1.165) is 5.56 Å². The summed E-state index contributed by atoms with van der Waals surface area (Å²) in [4.78, 5) is 14.9. The van der Waals surface area contributed by atoms with Crippen LogP contribution in [0.2, 0.25) is 5.15 Å². The summed E-state index contributed by atoms with van der Waals surface area (Å²) in [7, 11) is 0. The van der Waals surface area contributed by atoms with Gasteiger partial charge in [-0.3, -0.25) is 4.79 Å². The number of ether oxygens (including phenoxy) is 1. The van der Waals surface area contributed by atoms with Gasteiger partial charge in [-0.2, -0.15) is 0 Å². The Labute approximate surface area is 109 Å². The average molecular weight is 263 g/mol. The summed E-state index contributed by atoms with van der Waals surface area (Å²) >= 11 is 5.80. The fourth-order valence-electron chi connectivity index (χ4n) is 1.41. The Balaban J connectivity index is 2.23. The standard InChI is InChI=1S/C13H11ClN2O2/c1-8-7-16-12(14)6-11(8)18-10-4-2-9(3-5-10)13(15)17/h2-7H,1H3,(H2,15,17). The van der Waals surface area contributed by atoms with Crippen LogP contribution in [0.1, 0.15) is 15.9 Å². The maximum Gasteiger partial charge on any atom is 0.248 e. The number of halogens is 1. The summed E-state index contributed by atoms with van der Waals surface area (Å²) in [5.41, 5.74) is 6.47. The van der Waals surface area contributed by atoms with E-state index in [2.05, 4.69) is 4.98 Å². The van der Waals surface area contributed by atoms with Crippen molar-refractivity contribution in [3.63, 3.8) is 0 Å². The molecule has 1 heterocycles. The van der Waals surface area contributed by atoms with Gasteiger partial charge in [-0.1, -0.05) is 11.6 Å². The summed E-state index contributed by atoms with van der Waals surface area (Å²) in [6, 6.07) is 8.20. The molecular formula is C13H11ClN2O2. The van der Waals surface area contributed by atoms with Gasteiger partial charge in [-0.05, 0) is 31.2 Å². The molecule has 0 saturated heterocycles. The number of carbonyl (C=O) groups excluding carboxylic acids is 1. The largest absolute Gasteiger partial charge is 0.457 e. The lowest BCUT2D eigenvalue weighted by Crippen LogP contribution is -2.10. The van der Waals surface area contributed by atoms with Crippen LogP contribution < -0.4 is 10.5 Å². The minimum absolute atomic E-state index is 0.365. The molecule has 0 fully saturated rings. The Morgan fingerprint density at radius 2 is 2.00 bits per heavy atom. The van der Waals surface area contributed by atoms with Gasteiger partial charge in [0.2, 0.25) is 5.91 Å². The van der Waals surface area contributed by atoms with Crippen LogP contribution in [0.25, 0.3) is 0 Å². The smallest absolute Gasteiger partial charge is 0.248 e. The van der Waals surface area contributed by atoms with Crippen molar-refractivity contribution in [2.45, 2.75) is 6.92 Å². The zero-order chi connectivity index (χ0) is 13.1. The molecule has 0 aliphatic rings. The number of benzene rings is 1. The van der Waals surface area contributed by atoms with Crippen molar-refractivity contribution in [1.82, 2.24) is 4.98 Å². The number of amides is 1. The molecule has 0 atom stereocenters. The summed E-state index contributed by atoms with van der Waals surface area (Å²) in [6.07, 6.45) is 1.63. The quantitative estimate of drug-likeness (QED) is 0.865. The molecule has 0 unspecified atom stereocenters. The highest BCUT2D eigenvalue weighted by Crippen LogP contribution is 2.26. The predicted octanol–water partition coefficient (Wildman–Crippen LogP) is 2.93. The number of rotatable bonds is 3. The number of hydrogen-bond acceptors (Lipinski definition) is 3. The zero-order valence-corrected chi connectivity index (χ0v) is 10.4. The normalized spacial score (nSPS) is 10.1. The Kier molecular flexibility index (Phi) is 3.48. The van der Waals surface area contributed by atoms with E-state index >= 15 is 0 Å². The van der Waals surface area contributed by atoms with Gasteiger partial charge in [0.25, 0.3) is 0 Å². The Hall–Kier alpha value is -2.07. The molecule has 4 nitrogen and oxygen atoms in total. The molecule has 1 aromatic heterocycles. The number of pyridine rings is 1. The van der Waals surface area contributed by atoms with Gasteiger partial charge in [-0.15, -0.1) is 0 Å². The van der Waals surface area contributed by atoms with Gasteiger partial charge in [-0.25, -0.2) is 4.98 Å². The van der Waals surface area contributed by atoms with Crippen molar-refractivity contribution in [1.29, 1.82) is 0 Å². The number of carbonyl (C=O) groups is 1. The fourth-order valence-corrected chi connectivity index (χ4v) is 1.55. The van der Waals surface area contributed by atoms with Gasteiger partial charge in [0.05, 0.1) is 0 Å². The number of nitrogens with zero attached hydrogens (tertiary/aromatic N) is 1. The van der Waals surface area contributed by atoms with Crippen LogP contribution in [-0.4, -0.2) is 10.9 Å². The third kappa shape index (κ3) is 2.78. The van der Waals surface area contributed by atoms with E-state index in [9.17, 15) is 4.79 Å². The van der Waals surface area contributed by atoms with E-state index in [4.69, 9.17) is 22.1 Å². The molecule has 0 spiro atoms. The zero-order valence-electron chi connectivity index (χ0n) is 9.68. The van der Waals surface area contributed by atoms with Crippen molar-refractivity contribution < 1.29 is 9.53 Å². The lowest BCUT2D eigenvalue weighted by Gasteiger charge is -2.08. The lowest BCUT2D eigenvalue weighted by molar-refractivity contribution is 0.100. The second kappa shape index (κ2) is 5.06. The van der Waals surface area contributed by atoms with E-state index in [1.54, 1.807) is 36.5 Å². The van der Waals surface area contributed by atoms with Gasteiger partial charge < -0.3 is 10.5 Å². The molecule has 2 aromatic rings. The van der Waals surface area contributed by atoms with Crippen molar-refractivity contribution in [2.24, 2.45) is 5.73 Å².